The molecule has 1 amide bonds. The molecule has 0 saturated carbocycles. The van der Waals surface area contributed by atoms with Crippen molar-refractivity contribution in [2.45, 2.75) is 11.4 Å². The fraction of sp³-hybridized carbons (Fsp3) is 0.0741. The molecule has 0 unspecified atom stereocenters. The first-order valence-electron chi connectivity index (χ1n) is 10.8. The van der Waals surface area contributed by atoms with E-state index in [0.29, 0.717) is 17.2 Å². The fourth-order valence-electron chi connectivity index (χ4n) is 3.37. The number of benzene rings is 4. The Morgan fingerprint density at radius 2 is 1.46 bits per heavy atom. The number of amides is 1. The van der Waals surface area contributed by atoms with Crippen LogP contribution in [-0.2, 0) is 16.6 Å². The average Bonchev–Trinajstić information content (AvgIpc) is 2.86. The number of carbonyl (C=O) groups excluding carboxylic acids is 1. The summed E-state index contributed by atoms with van der Waals surface area (Å²) in [5.41, 5.74) is 1.25. The van der Waals surface area contributed by atoms with Crippen LogP contribution < -0.4 is 10.1 Å². The van der Waals surface area contributed by atoms with E-state index in [2.05, 4.69) is 5.32 Å². The molecule has 6 nitrogen and oxygen atoms in total. The minimum atomic E-state index is -4.17. The molecule has 0 bridgehead atoms. The van der Waals surface area contributed by atoms with Gasteiger partial charge in [-0.1, -0.05) is 48.5 Å². The minimum absolute atomic E-state index is 0.0164. The quantitative estimate of drug-likeness (QED) is 0.344. The third-order valence-electron chi connectivity index (χ3n) is 5.22. The van der Waals surface area contributed by atoms with Gasteiger partial charge in [-0.05, 0) is 60.2 Å². The number of rotatable bonds is 8. The number of anilines is 1. The van der Waals surface area contributed by atoms with Crippen LogP contribution in [0.2, 0.25) is 0 Å². The number of nitrogens with one attached hydrogen (secondary N) is 1. The third-order valence-corrected chi connectivity index (χ3v) is 7.04. The fourth-order valence-corrected chi connectivity index (χ4v) is 4.62. The summed E-state index contributed by atoms with van der Waals surface area (Å²) in [6.07, 6.45) is 0. The second-order valence-electron chi connectivity index (χ2n) is 7.79. The summed E-state index contributed by atoms with van der Waals surface area (Å²) in [4.78, 5) is 12.2. The van der Waals surface area contributed by atoms with E-state index in [-0.39, 0.29) is 12.1 Å². The molecule has 0 aliphatic carbocycles. The summed E-state index contributed by atoms with van der Waals surface area (Å²) in [5.74, 6) is -0.222. The molecular weight excluding hydrogens is 467 g/mol. The van der Waals surface area contributed by atoms with Crippen LogP contribution in [0.4, 0.5) is 10.1 Å². The second kappa shape index (κ2) is 10.5. The number of hydrogen-bond acceptors (Lipinski definition) is 4. The molecule has 0 aromatic heterocycles. The number of sulfonamides is 1. The van der Waals surface area contributed by atoms with Crippen molar-refractivity contribution in [3.8, 4) is 11.5 Å². The van der Waals surface area contributed by atoms with Crippen LogP contribution in [0.15, 0.2) is 108 Å². The molecule has 0 saturated heterocycles. The van der Waals surface area contributed by atoms with Crippen molar-refractivity contribution in [2.75, 3.05) is 12.4 Å². The smallest absolute Gasteiger partial charge is 0.255 e. The Labute approximate surface area is 203 Å². The molecule has 4 rings (SSSR count). The number of carbonyl (C=O) groups is 1. The molecule has 0 radical (unpaired) electrons. The van der Waals surface area contributed by atoms with Crippen LogP contribution >= 0.6 is 0 Å². The zero-order chi connectivity index (χ0) is 24.8. The molecule has 4 aromatic carbocycles. The predicted octanol–water partition coefficient (Wildman–Crippen LogP) is 5.69. The number of halogens is 1. The highest BCUT2D eigenvalue weighted by atomic mass is 32.2. The Hall–Kier alpha value is -4.01. The molecule has 0 atom stereocenters. The lowest BCUT2D eigenvalue weighted by molar-refractivity contribution is 0.102. The highest BCUT2D eigenvalue weighted by Gasteiger charge is 2.26. The van der Waals surface area contributed by atoms with Gasteiger partial charge in [0.15, 0.2) is 0 Å². The van der Waals surface area contributed by atoms with Crippen molar-refractivity contribution in [3.63, 3.8) is 0 Å². The Balaban J connectivity index is 1.48. The Bertz CT molecular complexity index is 1410. The van der Waals surface area contributed by atoms with E-state index < -0.39 is 26.6 Å². The van der Waals surface area contributed by atoms with Crippen molar-refractivity contribution in [3.05, 3.63) is 120 Å². The summed E-state index contributed by atoms with van der Waals surface area (Å²) >= 11 is 0. The summed E-state index contributed by atoms with van der Waals surface area (Å²) in [7, 11) is -2.80. The van der Waals surface area contributed by atoms with Gasteiger partial charge in [0.1, 0.15) is 22.2 Å². The lowest BCUT2D eigenvalue weighted by atomic mass is 10.2. The first-order chi connectivity index (χ1) is 16.8. The highest BCUT2D eigenvalue weighted by molar-refractivity contribution is 7.89. The molecule has 0 spiro atoms. The summed E-state index contributed by atoms with van der Waals surface area (Å²) in [6.45, 7) is 0.0659. The standard InChI is InChI=1S/C27H23FN2O4S/c1-30(19-20-8-4-2-5-9-20)35(32,33)26-18-21(12-17-25(26)28)27(31)29-22-13-15-24(16-14-22)34-23-10-6-3-7-11-23/h2-18H,19H2,1H3,(H,29,31). The molecular formula is C27H23FN2O4S. The largest absolute Gasteiger partial charge is 0.457 e. The maximum Gasteiger partial charge on any atom is 0.255 e. The van der Waals surface area contributed by atoms with Crippen molar-refractivity contribution in [1.29, 1.82) is 0 Å². The molecule has 178 valence electrons. The first-order valence-corrected chi connectivity index (χ1v) is 12.2. The molecule has 8 heteroatoms. The van der Waals surface area contributed by atoms with E-state index >= 15 is 0 Å². The topological polar surface area (TPSA) is 75.7 Å². The van der Waals surface area contributed by atoms with Crippen molar-refractivity contribution < 1.29 is 22.3 Å². The van der Waals surface area contributed by atoms with Gasteiger partial charge in [0.05, 0.1) is 0 Å². The number of nitrogens with zero attached hydrogens (tertiary/aromatic N) is 1. The summed E-state index contributed by atoms with van der Waals surface area (Å²) < 4.78 is 47.3. The van der Waals surface area contributed by atoms with Gasteiger partial charge in [0, 0.05) is 24.8 Å². The van der Waals surface area contributed by atoms with E-state index in [1.54, 1.807) is 48.5 Å². The number of ether oxygens (including phenoxy) is 1. The maximum atomic E-state index is 14.5. The van der Waals surface area contributed by atoms with Gasteiger partial charge in [-0.2, -0.15) is 4.31 Å². The second-order valence-corrected chi connectivity index (χ2v) is 9.80. The molecule has 0 heterocycles. The van der Waals surface area contributed by atoms with E-state index in [4.69, 9.17) is 4.74 Å². The predicted molar refractivity (Wildman–Crippen MR) is 132 cm³/mol. The van der Waals surface area contributed by atoms with Crippen LogP contribution in [0.5, 0.6) is 11.5 Å². The van der Waals surface area contributed by atoms with Gasteiger partial charge in [-0.3, -0.25) is 4.79 Å². The van der Waals surface area contributed by atoms with Gasteiger partial charge in [0.2, 0.25) is 10.0 Å². The van der Waals surface area contributed by atoms with E-state index in [1.807, 2.05) is 36.4 Å². The summed E-state index contributed by atoms with van der Waals surface area (Å²) in [5, 5.41) is 2.69. The zero-order valence-corrected chi connectivity index (χ0v) is 19.7. The van der Waals surface area contributed by atoms with Gasteiger partial charge < -0.3 is 10.1 Å². The first kappa shape index (κ1) is 24.1. The van der Waals surface area contributed by atoms with Crippen molar-refractivity contribution in [2.24, 2.45) is 0 Å². The number of hydrogen-bond donors (Lipinski definition) is 1. The van der Waals surface area contributed by atoms with Crippen LogP contribution in [0.25, 0.3) is 0 Å². The highest BCUT2D eigenvalue weighted by Crippen LogP contribution is 2.24. The lowest BCUT2D eigenvalue weighted by Crippen LogP contribution is -2.27. The van der Waals surface area contributed by atoms with Crippen LogP contribution in [0.1, 0.15) is 15.9 Å². The van der Waals surface area contributed by atoms with Crippen molar-refractivity contribution >= 4 is 21.6 Å². The molecule has 1 N–H and O–H groups in total. The monoisotopic (exact) mass is 490 g/mol. The van der Waals surface area contributed by atoms with Gasteiger partial charge >= 0.3 is 0 Å². The normalized spacial score (nSPS) is 11.3. The van der Waals surface area contributed by atoms with Gasteiger partial charge in [0.25, 0.3) is 5.91 Å². The van der Waals surface area contributed by atoms with Crippen LogP contribution in [0.3, 0.4) is 0 Å². The molecule has 0 fully saturated rings. The molecule has 0 aliphatic rings. The van der Waals surface area contributed by atoms with E-state index in [1.165, 1.54) is 13.1 Å². The molecule has 35 heavy (non-hydrogen) atoms. The van der Waals surface area contributed by atoms with Gasteiger partial charge in [-0.25, -0.2) is 12.8 Å². The van der Waals surface area contributed by atoms with E-state index in [0.717, 1.165) is 22.0 Å². The van der Waals surface area contributed by atoms with Crippen molar-refractivity contribution in [1.82, 2.24) is 4.31 Å². The Morgan fingerprint density at radius 1 is 0.857 bits per heavy atom. The third kappa shape index (κ3) is 5.92. The Morgan fingerprint density at radius 3 is 2.11 bits per heavy atom. The minimum Gasteiger partial charge on any atom is -0.457 e. The van der Waals surface area contributed by atoms with Gasteiger partial charge in [-0.15, -0.1) is 0 Å². The lowest BCUT2D eigenvalue weighted by Gasteiger charge is -2.18. The molecule has 4 aromatic rings. The Kier molecular flexibility index (Phi) is 7.24. The SMILES string of the molecule is CN(Cc1ccccc1)S(=O)(=O)c1cc(C(=O)Nc2ccc(Oc3ccccc3)cc2)ccc1F. The zero-order valence-electron chi connectivity index (χ0n) is 18.9. The number of para-hydroxylation sites is 1. The average molecular weight is 491 g/mol. The van der Waals surface area contributed by atoms with E-state index in [9.17, 15) is 17.6 Å². The maximum absolute atomic E-state index is 14.5. The molecule has 0 aliphatic heterocycles. The summed E-state index contributed by atoms with van der Waals surface area (Å²) in [6, 6.07) is 28.2. The van der Waals surface area contributed by atoms with Crippen LogP contribution in [0, 0.1) is 5.82 Å². The van der Waals surface area contributed by atoms with Crippen LogP contribution in [-0.4, -0.2) is 25.7 Å².